The molecule has 426 valence electrons. The van der Waals surface area contributed by atoms with Crippen molar-refractivity contribution in [1.82, 2.24) is 25.9 Å². The molecule has 0 saturated heterocycles. The molecule has 0 saturated carbocycles. The topological polar surface area (TPSA) is 305 Å². The third kappa shape index (κ3) is 37.2. The van der Waals surface area contributed by atoms with Gasteiger partial charge < -0.3 is 55.8 Å². The Morgan fingerprint density at radius 2 is 1.19 bits per heavy atom. The summed E-state index contributed by atoms with van der Waals surface area (Å²) in [6.45, 7) is 6.91. The molecule has 8 N–H and O–H groups in total. The number of aromatic nitrogens is 2. The molecule has 1 unspecified atom stereocenters. The molecule has 1 aromatic heterocycles. The molecule has 0 aromatic carbocycles. The molecule has 20 nitrogen and oxygen atoms in total. The number of aliphatic carboxylic acids is 2. The van der Waals surface area contributed by atoms with E-state index in [4.69, 9.17) is 24.7 Å². The Labute approximate surface area is 441 Å². The van der Waals surface area contributed by atoms with Gasteiger partial charge in [-0.05, 0) is 32.1 Å². The van der Waals surface area contributed by atoms with Crippen LogP contribution in [0, 0.1) is 11.3 Å². The monoisotopic (exact) mass is 1050 g/mol. The fourth-order valence-corrected chi connectivity index (χ4v) is 8.09. The molecular formula is C54H96N6O14. The van der Waals surface area contributed by atoms with Crippen LogP contribution in [-0.4, -0.2) is 145 Å². The Balaban J connectivity index is 0.0000548. The fraction of sp³-hybridized carbons (Fsp3) is 0.796. The molecule has 0 aliphatic heterocycles. The number of Topliss-reactive ketones (excluding diaryl/α,β-unsaturated/α-hetero) is 3. The number of ketones is 3. The number of hydrogen-bond acceptors (Lipinski definition) is 14. The Kier molecular flexibility index (Phi) is 39.7. The fourth-order valence-electron chi connectivity index (χ4n) is 8.09. The molecule has 0 spiro atoms. The van der Waals surface area contributed by atoms with Crippen molar-refractivity contribution in [2.24, 2.45) is 17.1 Å². The lowest BCUT2D eigenvalue weighted by molar-refractivity contribution is -0.145. The number of H-pyrrole nitrogens is 1. The van der Waals surface area contributed by atoms with Crippen LogP contribution in [-0.2, 0) is 63.7 Å². The van der Waals surface area contributed by atoms with Crippen molar-refractivity contribution in [3.8, 4) is 0 Å². The number of hydrogen-bond donors (Lipinski definition) is 7. The van der Waals surface area contributed by atoms with Crippen molar-refractivity contribution < 1.29 is 68.9 Å². The molecule has 1 rings (SSSR count). The van der Waals surface area contributed by atoms with E-state index in [1.54, 1.807) is 20.0 Å². The number of carbonyl (C=O) groups is 8. The highest BCUT2D eigenvalue weighted by Crippen LogP contribution is 2.28. The van der Waals surface area contributed by atoms with Crippen molar-refractivity contribution in [3.63, 3.8) is 0 Å². The largest absolute Gasteiger partial charge is 0.481 e. The van der Waals surface area contributed by atoms with Gasteiger partial charge in [0, 0.05) is 77.0 Å². The number of carboxylic acids is 2. The quantitative estimate of drug-likeness (QED) is 0.0338. The number of aromatic amines is 1. The highest BCUT2D eigenvalue weighted by molar-refractivity contribution is 5.94. The summed E-state index contributed by atoms with van der Waals surface area (Å²) in [5, 5.41) is 27.2. The normalized spacial score (nSPS) is 12.7. The van der Waals surface area contributed by atoms with Gasteiger partial charge in [0.05, 0.1) is 51.3 Å². The summed E-state index contributed by atoms with van der Waals surface area (Å²) in [5.74, 6) is -4.88. The molecule has 1 aromatic rings. The lowest BCUT2D eigenvalue weighted by atomic mass is 9.77. The number of carbonyl (C=O) groups excluding carboxylic acids is 6. The highest BCUT2D eigenvalue weighted by Gasteiger charge is 2.35. The van der Waals surface area contributed by atoms with E-state index in [1.807, 2.05) is 0 Å². The average molecular weight is 1050 g/mol. The molecule has 0 bridgehead atoms. The first-order valence-electron chi connectivity index (χ1n) is 27.5. The van der Waals surface area contributed by atoms with E-state index in [9.17, 15) is 48.6 Å². The van der Waals surface area contributed by atoms with Crippen molar-refractivity contribution in [1.29, 1.82) is 0 Å². The van der Waals surface area contributed by atoms with Crippen molar-refractivity contribution >= 4 is 47.0 Å². The van der Waals surface area contributed by atoms with Crippen molar-refractivity contribution in [2.75, 3.05) is 65.9 Å². The number of carboxylic acid groups (broad SMARTS) is 2. The minimum absolute atomic E-state index is 0. The van der Waals surface area contributed by atoms with Gasteiger partial charge in [-0.2, -0.15) is 0 Å². The Morgan fingerprint density at radius 3 is 1.74 bits per heavy atom. The Morgan fingerprint density at radius 1 is 0.635 bits per heavy atom. The maximum Gasteiger partial charge on any atom is 0.326 e. The van der Waals surface area contributed by atoms with Crippen LogP contribution in [0.5, 0.6) is 0 Å². The minimum Gasteiger partial charge on any atom is -0.481 e. The van der Waals surface area contributed by atoms with E-state index in [1.165, 1.54) is 77.0 Å². The van der Waals surface area contributed by atoms with E-state index < -0.39 is 35.4 Å². The lowest BCUT2D eigenvalue weighted by Crippen LogP contribution is -2.41. The van der Waals surface area contributed by atoms with Gasteiger partial charge in [0.15, 0.2) is 5.78 Å². The average Bonchev–Trinajstić information content (AvgIpc) is 3.87. The van der Waals surface area contributed by atoms with E-state index in [0.717, 1.165) is 25.7 Å². The zero-order valence-electron chi connectivity index (χ0n) is 45.2. The predicted octanol–water partition coefficient (Wildman–Crippen LogP) is 6.60. The number of unbranched alkanes of at least 4 members (excludes halogenated alkanes) is 15. The van der Waals surface area contributed by atoms with Crippen LogP contribution in [0.2, 0.25) is 0 Å². The maximum atomic E-state index is 13.0. The zero-order chi connectivity index (χ0) is 54.7. The second kappa shape index (κ2) is 43.6. The smallest absolute Gasteiger partial charge is 0.326 e. The molecule has 3 atom stereocenters. The van der Waals surface area contributed by atoms with Crippen LogP contribution in [0.3, 0.4) is 0 Å². The third-order valence-corrected chi connectivity index (χ3v) is 12.7. The van der Waals surface area contributed by atoms with Gasteiger partial charge >= 0.3 is 11.9 Å². The SMILES string of the molecule is CCCCCCCCCCCCCCCCCC(=O)NC(CCC(=O)CCCOCCOCC(=O)NCCOCCOCC(=O)NCCCC[C@H](CC(=O)C(C)(C)CC(=O)[C@@H](N)Cc1cnc[nH]1)C(=O)O)C(=O)O.[HH]. The van der Waals surface area contributed by atoms with Gasteiger partial charge in [-0.3, -0.25) is 33.6 Å². The van der Waals surface area contributed by atoms with Crippen LogP contribution in [0.1, 0.15) is 188 Å². The number of nitrogens with two attached hydrogens (primary N) is 1. The predicted molar refractivity (Wildman–Crippen MR) is 282 cm³/mol. The van der Waals surface area contributed by atoms with E-state index in [-0.39, 0.29) is 141 Å². The Bertz CT molecular complexity index is 1720. The molecule has 1 heterocycles. The second-order valence-corrected chi connectivity index (χ2v) is 19.9. The number of nitrogens with zero attached hydrogens (tertiary/aromatic N) is 1. The van der Waals surface area contributed by atoms with E-state index >= 15 is 0 Å². The second-order valence-electron chi connectivity index (χ2n) is 19.9. The molecule has 74 heavy (non-hydrogen) atoms. The number of ether oxygens (including phenoxy) is 4. The molecule has 0 radical (unpaired) electrons. The lowest BCUT2D eigenvalue weighted by Gasteiger charge is -2.25. The van der Waals surface area contributed by atoms with E-state index in [0.29, 0.717) is 38.1 Å². The third-order valence-electron chi connectivity index (χ3n) is 12.7. The molecule has 3 amide bonds. The summed E-state index contributed by atoms with van der Waals surface area (Å²) in [5.41, 5.74) is 5.65. The maximum absolute atomic E-state index is 13.0. The number of amides is 3. The summed E-state index contributed by atoms with van der Waals surface area (Å²) in [7, 11) is 0. The van der Waals surface area contributed by atoms with Gasteiger partial charge in [-0.25, -0.2) is 9.78 Å². The minimum atomic E-state index is -1.15. The summed E-state index contributed by atoms with van der Waals surface area (Å²) >= 11 is 0. The van der Waals surface area contributed by atoms with Crippen LogP contribution >= 0.6 is 0 Å². The highest BCUT2D eigenvalue weighted by atomic mass is 16.5. The standard InChI is InChI=1S/C54H94N6O14.H2/c1-4-5-6-7-8-9-10-11-12-13-14-15-16-17-18-24-49(64)60-46(53(69)70)26-25-44(61)23-21-29-71-31-33-73-40-51(66)58-28-30-72-32-34-74-39-50(65)57-27-20-19-22-42(52(67)68)35-48(63)54(2,3)37-47(62)45(55)36-43-38-56-41-59-43;/h38,41-42,45-46H,4-37,39-40,55H2,1-3H3,(H,56,59)(H,57,65)(H,58,66)(H,60,64)(H,67,68)(H,69,70);1H/t42-,45+,46?;/m1./s1. The summed E-state index contributed by atoms with van der Waals surface area (Å²) in [6, 6.07) is -1.92. The molecule has 20 heteroatoms. The number of nitrogens with one attached hydrogen (secondary N) is 4. The first-order chi connectivity index (χ1) is 35.5. The van der Waals surface area contributed by atoms with Gasteiger partial charge in [-0.1, -0.05) is 117 Å². The van der Waals surface area contributed by atoms with Gasteiger partial charge in [0.25, 0.3) is 0 Å². The molecule has 0 aliphatic carbocycles. The first kappa shape index (κ1) is 67.4. The van der Waals surface area contributed by atoms with Gasteiger partial charge in [0.1, 0.15) is 30.8 Å². The molecular weight excluding hydrogens is 957 g/mol. The summed E-state index contributed by atoms with van der Waals surface area (Å²) in [6.07, 6.45) is 23.6. The zero-order valence-corrected chi connectivity index (χ0v) is 45.2. The van der Waals surface area contributed by atoms with Crippen LogP contribution in [0.4, 0.5) is 0 Å². The van der Waals surface area contributed by atoms with Gasteiger partial charge in [-0.15, -0.1) is 0 Å². The molecule has 0 fully saturated rings. The Hall–Kier alpha value is -4.63. The number of imidazole rings is 1. The van der Waals surface area contributed by atoms with E-state index in [2.05, 4.69) is 32.8 Å². The summed E-state index contributed by atoms with van der Waals surface area (Å²) < 4.78 is 21.5. The first-order valence-corrected chi connectivity index (χ1v) is 27.5. The summed E-state index contributed by atoms with van der Waals surface area (Å²) in [4.78, 5) is 105. The van der Waals surface area contributed by atoms with Crippen LogP contribution < -0.4 is 21.7 Å². The molecule has 0 aliphatic rings. The van der Waals surface area contributed by atoms with Gasteiger partial charge in [0.2, 0.25) is 17.7 Å². The number of rotatable bonds is 52. The van der Waals surface area contributed by atoms with Crippen LogP contribution in [0.15, 0.2) is 12.5 Å². The van der Waals surface area contributed by atoms with Crippen molar-refractivity contribution in [3.05, 3.63) is 18.2 Å². The van der Waals surface area contributed by atoms with Crippen molar-refractivity contribution in [2.45, 2.75) is 200 Å². The van der Waals surface area contributed by atoms with Crippen LogP contribution in [0.25, 0.3) is 0 Å².